The Morgan fingerprint density at radius 2 is 1.75 bits per heavy atom. The van der Waals surface area contributed by atoms with Gasteiger partial charge in [0.1, 0.15) is 17.3 Å². The first-order valence-electron chi connectivity index (χ1n) is 10.2. The molecule has 2 aromatic carbocycles. The average Bonchev–Trinajstić information content (AvgIpc) is 3.20. The molecule has 0 saturated heterocycles. The van der Waals surface area contributed by atoms with Crippen molar-refractivity contribution in [2.45, 2.75) is 20.4 Å². The number of hydrogen-bond donors (Lipinski definition) is 1. The molecule has 0 atom stereocenters. The van der Waals surface area contributed by atoms with Crippen molar-refractivity contribution in [1.29, 1.82) is 0 Å². The summed E-state index contributed by atoms with van der Waals surface area (Å²) in [5, 5.41) is 2.92. The van der Waals surface area contributed by atoms with E-state index in [4.69, 9.17) is 9.47 Å². The third kappa shape index (κ3) is 4.77. The number of ether oxygens (including phenoxy) is 2. The Bertz CT molecular complexity index is 1270. The molecule has 4 rings (SSSR count). The van der Waals surface area contributed by atoms with Gasteiger partial charge in [-0.15, -0.1) is 0 Å². The zero-order chi connectivity index (χ0) is 22.5. The number of aromatic amines is 1. The van der Waals surface area contributed by atoms with Crippen LogP contribution >= 0.6 is 0 Å². The normalized spacial score (nSPS) is 10.8. The number of aromatic nitrogens is 4. The van der Waals surface area contributed by atoms with Crippen LogP contribution in [0.2, 0.25) is 0 Å². The molecule has 0 bridgehead atoms. The fourth-order valence-electron chi connectivity index (χ4n) is 3.21. The van der Waals surface area contributed by atoms with E-state index in [0.717, 1.165) is 0 Å². The maximum absolute atomic E-state index is 13.1. The fraction of sp³-hybridized carbons (Fsp3) is 0.217. The molecule has 0 spiro atoms. The Hall–Kier alpha value is -4.14. The van der Waals surface area contributed by atoms with Gasteiger partial charge in [-0.25, -0.2) is 4.98 Å². The first kappa shape index (κ1) is 21.1. The number of benzene rings is 2. The Morgan fingerprint density at radius 3 is 2.47 bits per heavy atom. The van der Waals surface area contributed by atoms with E-state index in [1.54, 1.807) is 43.3 Å². The van der Waals surface area contributed by atoms with Crippen LogP contribution in [0, 0.1) is 6.92 Å². The number of H-pyrrole nitrogens is 1. The van der Waals surface area contributed by atoms with E-state index in [0.29, 0.717) is 35.3 Å². The first-order chi connectivity index (χ1) is 15.5. The lowest BCUT2D eigenvalue weighted by Crippen LogP contribution is -2.35. The van der Waals surface area contributed by atoms with Crippen LogP contribution in [0.25, 0.3) is 5.78 Å². The van der Waals surface area contributed by atoms with Crippen molar-refractivity contribution in [3.05, 3.63) is 82.5 Å². The Morgan fingerprint density at radius 1 is 1.03 bits per heavy atom. The molecule has 0 radical (unpaired) electrons. The largest absolute Gasteiger partial charge is 0.494 e. The minimum atomic E-state index is -0.269. The summed E-state index contributed by atoms with van der Waals surface area (Å²) in [7, 11) is 0. The van der Waals surface area contributed by atoms with Crippen molar-refractivity contribution >= 4 is 17.4 Å². The number of carbonyl (C=O) groups is 1. The minimum absolute atomic E-state index is 0.104. The van der Waals surface area contributed by atoms with E-state index in [1.165, 1.54) is 15.5 Å². The monoisotopic (exact) mass is 433 g/mol. The van der Waals surface area contributed by atoms with Gasteiger partial charge in [0.05, 0.1) is 13.2 Å². The van der Waals surface area contributed by atoms with Crippen molar-refractivity contribution in [2.75, 3.05) is 18.1 Å². The molecule has 0 aliphatic carbocycles. The second kappa shape index (κ2) is 9.34. The van der Waals surface area contributed by atoms with Crippen molar-refractivity contribution in [3.8, 4) is 11.5 Å². The van der Waals surface area contributed by atoms with Crippen LogP contribution in [0.1, 0.15) is 18.4 Å². The molecule has 0 saturated carbocycles. The highest BCUT2D eigenvalue weighted by atomic mass is 16.5. The van der Waals surface area contributed by atoms with Crippen molar-refractivity contribution in [3.63, 3.8) is 0 Å². The predicted molar refractivity (Wildman–Crippen MR) is 119 cm³/mol. The van der Waals surface area contributed by atoms with Crippen LogP contribution in [0.4, 0.5) is 5.69 Å². The van der Waals surface area contributed by atoms with E-state index in [2.05, 4.69) is 15.1 Å². The SMILES string of the molecule is CCOc1ccc(N(Cc2nc3nc(C)cc(=O)n3[nH]2)C(=O)COc2ccccc2)cc1. The molecule has 0 unspecified atom stereocenters. The lowest BCUT2D eigenvalue weighted by Gasteiger charge is -2.22. The highest BCUT2D eigenvalue weighted by Gasteiger charge is 2.20. The number of aryl methyl sites for hydroxylation is 1. The van der Waals surface area contributed by atoms with Crippen LogP contribution in [0.15, 0.2) is 65.5 Å². The lowest BCUT2D eigenvalue weighted by molar-refractivity contribution is -0.120. The second-order valence-corrected chi connectivity index (χ2v) is 7.05. The number of rotatable bonds is 8. The molecule has 0 aliphatic rings. The summed E-state index contributed by atoms with van der Waals surface area (Å²) in [6, 6.07) is 17.7. The lowest BCUT2D eigenvalue weighted by atomic mass is 10.2. The van der Waals surface area contributed by atoms with Gasteiger partial charge in [0, 0.05) is 17.4 Å². The van der Waals surface area contributed by atoms with Gasteiger partial charge < -0.3 is 14.4 Å². The van der Waals surface area contributed by atoms with Gasteiger partial charge in [-0.3, -0.25) is 14.7 Å². The van der Waals surface area contributed by atoms with Gasteiger partial charge in [-0.1, -0.05) is 18.2 Å². The van der Waals surface area contributed by atoms with E-state index in [1.807, 2.05) is 25.1 Å². The summed E-state index contributed by atoms with van der Waals surface area (Å²) in [4.78, 5) is 35.5. The zero-order valence-electron chi connectivity index (χ0n) is 17.8. The van der Waals surface area contributed by atoms with Crippen LogP contribution in [0.3, 0.4) is 0 Å². The third-order valence-electron chi connectivity index (χ3n) is 4.68. The molecule has 9 heteroatoms. The highest BCUT2D eigenvalue weighted by molar-refractivity contribution is 5.94. The molecule has 32 heavy (non-hydrogen) atoms. The summed E-state index contributed by atoms with van der Waals surface area (Å²) in [5.74, 6) is 1.71. The van der Waals surface area contributed by atoms with Crippen LogP contribution in [-0.2, 0) is 11.3 Å². The molecular formula is C23H23N5O4. The molecule has 2 aromatic heterocycles. The second-order valence-electron chi connectivity index (χ2n) is 7.05. The maximum Gasteiger partial charge on any atom is 0.274 e. The molecule has 9 nitrogen and oxygen atoms in total. The van der Waals surface area contributed by atoms with Gasteiger partial charge >= 0.3 is 0 Å². The molecule has 1 amide bonds. The summed E-state index contributed by atoms with van der Waals surface area (Å²) in [5.41, 5.74) is 0.952. The topological polar surface area (TPSA) is 102 Å². The van der Waals surface area contributed by atoms with Gasteiger partial charge in [-0.2, -0.15) is 9.50 Å². The summed E-state index contributed by atoms with van der Waals surface area (Å²) < 4.78 is 12.4. The van der Waals surface area contributed by atoms with Crippen LogP contribution < -0.4 is 19.9 Å². The quantitative estimate of drug-likeness (QED) is 0.458. The zero-order valence-corrected chi connectivity index (χ0v) is 17.8. The van der Waals surface area contributed by atoms with E-state index in [9.17, 15) is 9.59 Å². The van der Waals surface area contributed by atoms with Crippen molar-refractivity contribution in [1.82, 2.24) is 19.6 Å². The summed E-state index contributed by atoms with van der Waals surface area (Å²) in [6.45, 7) is 4.13. The van der Waals surface area contributed by atoms with E-state index in [-0.39, 0.29) is 30.4 Å². The predicted octanol–water partition coefficient (Wildman–Crippen LogP) is 2.74. The van der Waals surface area contributed by atoms with Crippen molar-refractivity contribution < 1.29 is 14.3 Å². The number of para-hydroxylation sites is 1. The number of nitrogens with zero attached hydrogens (tertiary/aromatic N) is 4. The Kier molecular flexibility index (Phi) is 6.16. The van der Waals surface area contributed by atoms with Gasteiger partial charge in [0.15, 0.2) is 6.61 Å². The van der Waals surface area contributed by atoms with Gasteiger partial charge in [0.25, 0.3) is 17.2 Å². The molecule has 0 fully saturated rings. The molecule has 164 valence electrons. The summed E-state index contributed by atoms with van der Waals surface area (Å²) >= 11 is 0. The number of hydrogen-bond acceptors (Lipinski definition) is 6. The number of carbonyl (C=O) groups excluding carboxylic acids is 1. The maximum atomic E-state index is 13.1. The van der Waals surface area contributed by atoms with Crippen LogP contribution in [0.5, 0.6) is 11.5 Å². The standard InChI is InChI=1S/C23H23N5O4/c1-3-31-19-11-9-17(10-12-19)27(22(30)15-32-18-7-5-4-6-8-18)14-20-25-23-24-16(2)13-21(29)28(23)26-20/h4-13H,3,14-15H2,1-2H3,(H,24,25,26). The molecular weight excluding hydrogens is 410 g/mol. The van der Waals surface area contributed by atoms with Gasteiger partial charge in [0.2, 0.25) is 0 Å². The van der Waals surface area contributed by atoms with E-state index >= 15 is 0 Å². The van der Waals surface area contributed by atoms with Gasteiger partial charge in [-0.05, 0) is 50.2 Å². The number of fused-ring (bicyclic) bond motifs is 1. The minimum Gasteiger partial charge on any atom is -0.494 e. The van der Waals surface area contributed by atoms with E-state index < -0.39 is 0 Å². The van der Waals surface area contributed by atoms with Crippen molar-refractivity contribution in [2.24, 2.45) is 0 Å². The smallest absolute Gasteiger partial charge is 0.274 e. The molecule has 4 aromatic rings. The Balaban J connectivity index is 1.61. The first-order valence-corrected chi connectivity index (χ1v) is 10.2. The number of nitrogens with one attached hydrogen (secondary N) is 1. The molecule has 2 heterocycles. The number of amides is 1. The number of anilines is 1. The highest BCUT2D eigenvalue weighted by Crippen LogP contribution is 2.22. The molecule has 1 N–H and O–H groups in total. The van der Waals surface area contributed by atoms with Crippen LogP contribution in [-0.4, -0.2) is 38.7 Å². The third-order valence-corrected chi connectivity index (χ3v) is 4.68. The fourth-order valence-corrected chi connectivity index (χ4v) is 3.21. The summed E-state index contributed by atoms with van der Waals surface area (Å²) in [6.07, 6.45) is 0. The average molecular weight is 433 g/mol. The molecule has 0 aliphatic heterocycles. The Labute approximate surface area is 184 Å².